The number of hydrogen-bond acceptors (Lipinski definition) is 6. The molecule has 0 radical (unpaired) electrons. The standard InChI is InChI=1S/C29H33ClFN5O3/c1-18-6-4-7-21(16-18)36-15-14-35(17-19(36)2)28(38)29(10-12-32-13-11-29)33-27(37)24-20(3)39-34-26(24)25-22(30)8-5-9-23(25)31/h4-9,16,19,32H,10-15,17H2,1-3H3,(H,33,37). The molecule has 10 heteroatoms. The zero-order valence-corrected chi connectivity index (χ0v) is 23.1. The quantitative estimate of drug-likeness (QED) is 0.488. The number of nitrogens with one attached hydrogen (secondary N) is 2. The summed E-state index contributed by atoms with van der Waals surface area (Å²) in [6.45, 7) is 8.72. The maximum Gasteiger partial charge on any atom is 0.258 e. The van der Waals surface area contributed by atoms with Gasteiger partial charge in [-0.1, -0.05) is 35.0 Å². The van der Waals surface area contributed by atoms with E-state index in [0.717, 1.165) is 5.69 Å². The molecule has 8 nitrogen and oxygen atoms in total. The van der Waals surface area contributed by atoms with E-state index in [1.807, 2.05) is 11.0 Å². The van der Waals surface area contributed by atoms with Crippen molar-refractivity contribution in [3.63, 3.8) is 0 Å². The number of anilines is 1. The number of aromatic nitrogens is 1. The lowest BCUT2D eigenvalue weighted by atomic mass is 9.85. The van der Waals surface area contributed by atoms with Crippen LogP contribution in [0.2, 0.25) is 5.02 Å². The van der Waals surface area contributed by atoms with Crippen molar-refractivity contribution in [3.05, 3.63) is 70.2 Å². The normalized spacial score (nSPS) is 19.2. The van der Waals surface area contributed by atoms with E-state index in [1.165, 1.54) is 23.8 Å². The van der Waals surface area contributed by atoms with Gasteiger partial charge in [-0.3, -0.25) is 9.59 Å². The van der Waals surface area contributed by atoms with Crippen molar-refractivity contribution < 1.29 is 18.5 Å². The van der Waals surface area contributed by atoms with Crippen LogP contribution < -0.4 is 15.5 Å². The molecular weight excluding hydrogens is 521 g/mol. The van der Waals surface area contributed by atoms with Crippen molar-refractivity contribution in [1.29, 1.82) is 0 Å². The zero-order chi connectivity index (χ0) is 27.7. The summed E-state index contributed by atoms with van der Waals surface area (Å²) < 4.78 is 20.0. The van der Waals surface area contributed by atoms with Crippen LogP contribution in [0.15, 0.2) is 47.0 Å². The molecular formula is C29H33ClFN5O3. The van der Waals surface area contributed by atoms with Gasteiger partial charge in [-0.25, -0.2) is 4.39 Å². The van der Waals surface area contributed by atoms with E-state index in [0.29, 0.717) is 45.6 Å². The van der Waals surface area contributed by atoms with Gasteiger partial charge in [0.15, 0.2) is 0 Å². The van der Waals surface area contributed by atoms with Gasteiger partial charge in [-0.05, 0) is 76.5 Å². The summed E-state index contributed by atoms with van der Waals surface area (Å²) in [5, 5.41) is 10.4. The van der Waals surface area contributed by atoms with E-state index in [-0.39, 0.29) is 39.6 Å². The molecule has 1 atom stereocenters. The molecule has 2 aliphatic heterocycles. The summed E-state index contributed by atoms with van der Waals surface area (Å²) >= 11 is 6.27. The first-order chi connectivity index (χ1) is 18.7. The molecule has 2 fully saturated rings. The molecule has 39 heavy (non-hydrogen) atoms. The highest BCUT2D eigenvalue weighted by atomic mass is 35.5. The second-order valence-electron chi connectivity index (χ2n) is 10.5. The van der Waals surface area contributed by atoms with Gasteiger partial charge in [0.25, 0.3) is 5.91 Å². The van der Waals surface area contributed by atoms with Crippen molar-refractivity contribution in [2.24, 2.45) is 0 Å². The molecule has 1 aromatic heterocycles. The molecule has 2 saturated heterocycles. The highest BCUT2D eigenvalue weighted by Crippen LogP contribution is 2.34. The van der Waals surface area contributed by atoms with Crippen LogP contribution in [0.5, 0.6) is 0 Å². The number of halogens is 2. The van der Waals surface area contributed by atoms with Crippen LogP contribution in [0.1, 0.15) is 41.4 Å². The Morgan fingerprint density at radius 3 is 2.59 bits per heavy atom. The van der Waals surface area contributed by atoms with Gasteiger partial charge < -0.3 is 25.0 Å². The predicted octanol–water partition coefficient (Wildman–Crippen LogP) is 4.34. The molecule has 1 unspecified atom stereocenters. The molecule has 2 aliphatic rings. The van der Waals surface area contributed by atoms with Crippen molar-refractivity contribution >= 4 is 29.1 Å². The predicted molar refractivity (Wildman–Crippen MR) is 149 cm³/mol. The molecule has 2 amide bonds. The van der Waals surface area contributed by atoms with Crippen molar-refractivity contribution in [1.82, 2.24) is 20.7 Å². The smallest absolute Gasteiger partial charge is 0.258 e. The van der Waals surface area contributed by atoms with Crippen molar-refractivity contribution in [2.75, 3.05) is 37.6 Å². The maximum atomic E-state index is 14.7. The highest BCUT2D eigenvalue weighted by Gasteiger charge is 2.45. The number of aryl methyl sites for hydroxylation is 2. The number of piperidine rings is 1. The maximum absolute atomic E-state index is 14.7. The number of amides is 2. The molecule has 0 spiro atoms. The van der Waals surface area contributed by atoms with E-state index >= 15 is 0 Å². The van der Waals surface area contributed by atoms with Gasteiger partial charge in [0, 0.05) is 31.4 Å². The number of nitrogens with zero attached hydrogens (tertiary/aromatic N) is 3. The third-order valence-electron chi connectivity index (χ3n) is 7.76. The fourth-order valence-electron chi connectivity index (χ4n) is 5.69. The first-order valence-corrected chi connectivity index (χ1v) is 13.6. The Bertz CT molecular complexity index is 1370. The van der Waals surface area contributed by atoms with Gasteiger partial charge in [0.1, 0.15) is 28.4 Å². The Morgan fingerprint density at radius 2 is 1.90 bits per heavy atom. The van der Waals surface area contributed by atoms with E-state index < -0.39 is 17.3 Å². The number of carbonyl (C=O) groups is 2. The summed E-state index contributed by atoms with van der Waals surface area (Å²) in [4.78, 5) is 32.1. The Balaban J connectivity index is 1.40. The number of carbonyl (C=O) groups excluding carboxylic acids is 2. The molecule has 0 bridgehead atoms. The van der Waals surface area contributed by atoms with Crippen LogP contribution in [-0.4, -0.2) is 66.2 Å². The van der Waals surface area contributed by atoms with Gasteiger partial charge in [-0.2, -0.15) is 0 Å². The fraction of sp³-hybridized carbons (Fsp3) is 0.414. The zero-order valence-electron chi connectivity index (χ0n) is 22.4. The second kappa shape index (κ2) is 11.0. The minimum atomic E-state index is -1.10. The summed E-state index contributed by atoms with van der Waals surface area (Å²) in [6, 6.07) is 12.7. The number of piperazine rings is 1. The lowest BCUT2D eigenvalue weighted by molar-refractivity contribution is -0.140. The molecule has 206 valence electrons. The number of benzene rings is 2. The summed E-state index contributed by atoms with van der Waals surface area (Å²) in [6.07, 6.45) is 0.869. The van der Waals surface area contributed by atoms with Gasteiger partial charge >= 0.3 is 0 Å². The van der Waals surface area contributed by atoms with Crippen LogP contribution in [0.4, 0.5) is 10.1 Å². The minimum absolute atomic E-state index is 0.00653. The van der Waals surface area contributed by atoms with Crippen LogP contribution in [0.3, 0.4) is 0 Å². The molecule has 2 aromatic carbocycles. The molecule has 3 heterocycles. The molecule has 3 aromatic rings. The third kappa shape index (κ3) is 5.25. The minimum Gasteiger partial charge on any atom is -0.365 e. The van der Waals surface area contributed by atoms with E-state index in [1.54, 1.807) is 6.92 Å². The molecule has 0 saturated carbocycles. The molecule has 5 rings (SSSR count). The summed E-state index contributed by atoms with van der Waals surface area (Å²) in [5.41, 5.74) is 1.31. The SMILES string of the molecule is Cc1cccc(N2CCN(C(=O)C3(NC(=O)c4c(-c5c(F)cccc5Cl)noc4C)CCNCC3)CC2C)c1. The third-order valence-corrected chi connectivity index (χ3v) is 8.07. The Hall–Kier alpha value is -3.43. The summed E-state index contributed by atoms with van der Waals surface area (Å²) in [5.74, 6) is -1.03. The molecule has 0 aliphatic carbocycles. The van der Waals surface area contributed by atoms with E-state index in [4.69, 9.17) is 16.1 Å². The van der Waals surface area contributed by atoms with Gasteiger partial charge in [0.05, 0.1) is 10.6 Å². The number of hydrogen-bond donors (Lipinski definition) is 2. The first kappa shape index (κ1) is 27.1. The Morgan fingerprint density at radius 1 is 1.15 bits per heavy atom. The second-order valence-corrected chi connectivity index (χ2v) is 10.9. The highest BCUT2D eigenvalue weighted by molar-refractivity contribution is 6.33. The van der Waals surface area contributed by atoms with Crippen molar-refractivity contribution in [2.45, 2.75) is 45.2 Å². The van der Waals surface area contributed by atoms with Crippen LogP contribution in [-0.2, 0) is 4.79 Å². The lowest BCUT2D eigenvalue weighted by Crippen LogP contribution is -2.66. The van der Waals surface area contributed by atoms with Crippen LogP contribution >= 0.6 is 11.6 Å². The summed E-state index contributed by atoms with van der Waals surface area (Å²) in [7, 11) is 0. The fourth-order valence-corrected chi connectivity index (χ4v) is 5.95. The van der Waals surface area contributed by atoms with Crippen molar-refractivity contribution in [3.8, 4) is 11.3 Å². The number of rotatable bonds is 5. The van der Waals surface area contributed by atoms with E-state index in [9.17, 15) is 14.0 Å². The average molecular weight is 554 g/mol. The van der Waals surface area contributed by atoms with Gasteiger partial charge in [0.2, 0.25) is 5.91 Å². The van der Waals surface area contributed by atoms with E-state index in [2.05, 4.69) is 52.7 Å². The molecule has 2 N–H and O–H groups in total. The van der Waals surface area contributed by atoms with Crippen LogP contribution in [0, 0.1) is 19.7 Å². The monoisotopic (exact) mass is 553 g/mol. The topological polar surface area (TPSA) is 90.7 Å². The first-order valence-electron chi connectivity index (χ1n) is 13.3. The Kier molecular flexibility index (Phi) is 7.64. The largest absolute Gasteiger partial charge is 0.365 e. The Labute approximate surface area is 232 Å². The lowest BCUT2D eigenvalue weighted by Gasteiger charge is -2.46. The van der Waals surface area contributed by atoms with Gasteiger partial charge in [-0.15, -0.1) is 0 Å². The van der Waals surface area contributed by atoms with Crippen LogP contribution in [0.25, 0.3) is 11.3 Å². The average Bonchev–Trinajstić information content (AvgIpc) is 3.29.